The molecule has 1 aromatic rings. The maximum Gasteiger partial charge on any atom is 0.253 e. The van der Waals surface area contributed by atoms with Crippen molar-refractivity contribution < 1.29 is 19.7 Å². The van der Waals surface area contributed by atoms with E-state index >= 15 is 0 Å². The molecule has 24 heavy (non-hydrogen) atoms. The number of amides is 1. The Hall–Kier alpha value is -1.08. The topological polar surface area (TPSA) is 70.0 Å². The van der Waals surface area contributed by atoms with E-state index in [4.69, 9.17) is 9.84 Å². The molecular weight excluding hydrogens is 326 g/mol. The summed E-state index contributed by atoms with van der Waals surface area (Å²) < 4.78 is 5.08. The fourth-order valence-electron chi connectivity index (χ4n) is 3.04. The molecule has 1 saturated heterocycles. The minimum atomic E-state index is -0.752. The minimum absolute atomic E-state index is 0.00866. The average molecular weight is 353 g/mol. The van der Waals surface area contributed by atoms with Crippen molar-refractivity contribution in [3.63, 3.8) is 0 Å². The fraction of sp³-hybridized carbons (Fsp3) is 0.611. The van der Waals surface area contributed by atoms with Gasteiger partial charge in [-0.05, 0) is 37.1 Å². The molecule has 0 saturated carbocycles. The predicted octanol–water partition coefficient (Wildman–Crippen LogP) is 2.02. The summed E-state index contributed by atoms with van der Waals surface area (Å²) >= 11 is 1.56. The molecule has 1 fully saturated rings. The van der Waals surface area contributed by atoms with E-state index in [-0.39, 0.29) is 18.4 Å². The number of carbonyl (C=O) groups excluding carboxylic acids is 1. The first-order chi connectivity index (χ1) is 11.5. The molecule has 1 aromatic carbocycles. The molecule has 0 radical (unpaired) electrons. The van der Waals surface area contributed by atoms with Crippen LogP contribution in [-0.2, 0) is 4.74 Å². The highest BCUT2D eigenvalue weighted by atomic mass is 32.2. The number of methoxy groups -OCH3 is 1. The lowest BCUT2D eigenvalue weighted by Crippen LogP contribution is -2.52. The lowest BCUT2D eigenvalue weighted by atomic mass is 9.79. The zero-order chi connectivity index (χ0) is 17.6. The number of ether oxygens (including phenoxy) is 1. The number of carbonyl (C=O) groups is 1. The van der Waals surface area contributed by atoms with Crippen LogP contribution < -0.4 is 0 Å². The van der Waals surface area contributed by atoms with E-state index in [0.29, 0.717) is 43.9 Å². The zero-order valence-corrected chi connectivity index (χ0v) is 15.2. The van der Waals surface area contributed by atoms with Crippen molar-refractivity contribution in [2.24, 2.45) is 5.92 Å². The number of benzene rings is 1. The Morgan fingerprint density at radius 1 is 1.42 bits per heavy atom. The average Bonchev–Trinajstić information content (AvgIpc) is 2.60. The first-order valence-corrected chi connectivity index (χ1v) is 9.33. The monoisotopic (exact) mass is 353 g/mol. The molecule has 1 heterocycles. The standard InChI is InChI=1S/C18H27NO4S/c1-14-13-19(9-7-18(14,22)8-11-23-2)17(21)15-3-5-16(6-4-15)24-12-10-20/h3-6,14,20,22H,7-13H2,1-2H3/t14-,18-/m0/s1. The maximum atomic E-state index is 12.7. The molecule has 5 nitrogen and oxygen atoms in total. The lowest BCUT2D eigenvalue weighted by Gasteiger charge is -2.43. The van der Waals surface area contributed by atoms with Crippen LogP contribution in [0.3, 0.4) is 0 Å². The van der Waals surface area contributed by atoms with Gasteiger partial charge in [0.15, 0.2) is 0 Å². The zero-order valence-electron chi connectivity index (χ0n) is 14.4. The van der Waals surface area contributed by atoms with Crippen molar-refractivity contribution in [1.82, 2.24) is 4.90 Å². The van der Waals surface area contributed by atoms with Gasteiger partial charge in [-0.2, -0.15) is 0 Å². The van der Waals surface area contributed by atoms with Crippen LogP contribution in [0.2, 0.25) is 0 Å². The number of thioether (sulfide) groups is 1. The Bertz CT molecular complexity index is 536. The molecule has 134 valence electrons. The SMILES string of the molecule is COCC[C@@]1(O)CCN(C(=O)c2ccc(SCCO)cc2)C[C@@H]1C. The van der Waals surface area contributed by atoms with Gasteiger partial charge in [0, 0.05) is 48.9 Å². The molecule has 0 spiro atoms. The second-order valence-corrected chi connectivity index (χ2v) is 7.51. The van der Waals surface area contributed by atoms with Crippen molar-refractivity contribution in [2.45, 2.75) is 30.3 Å². The lowest BCUT2D eigenvalue weighted by molar-refractivity contribution is -0.0750. The summed E-state index contributed by atoms with van der Waals surface area (Å²) in [6, 6.07) is 7.49. The van der Waals surface area contributed by atoms with Crippen LogP contribution in [0.5, 0.6) is 0 Å². The Morgan fingerprint density at radius 2 is 2.12 bits per heavy atom. The van der Waals surface area contributed by atoms with Crippen LogP contribution in [0.15, 0.2) is 29.2 Å². The molecule has 0 aliphatic carbocycles. The minimum Gasteiger partial charge on any atom is -0.396 e. The second kappa shape index (κ2) is 8.85. The third kappa shape index (κ3) is 4.72. The third-order valence-electron chi connectivity index (χ3n) is 4.71. The van der Waals surface area contributed by atoms with E-state index in [1.165, 1.54) is 0 Å². The Morgan fingerprint density at radius 3 is 2.71 bits per heavy atom. The van der Waals surface area contributed by atoms with Crippen molar-refractivity contribution in [2.75, 3.05) is 39.2 Å². The van der Waals surface area contributed by atoms with E-state index in [9.17, 15) is 9.90 Å². The molecule has 0 aromatic heterocycles. The summed E-state index contributed by atoms with van der Waals surface area (Å²) in [4.78, 5) is 15.5. The number of aliphatic hydroxyl groups is 2. The summed E-state index contributed by atoms with van der Waals surface area (Å²) in [5.74, 6) is 0.677. The van der Waals surface area contributed by atoms with E-state index in [0.717, 1.165) is 4.90 Å². The highest BCUT2D eigenvalue weighted by Gasteiger charge is 2.39. The summed E-state index contributed by atoms with van der Waals surface area (Å²) in [7, 11) is 1.63. The van der Waals surface area contributed by atoms with Gasteiger partial charge in [0.05, 0.1) is 12.2 Å². The van der Waals surface area contributed by atoms with Crippen LogP contribution in [0, 0.1) is 5.92 Å². The molecule has 1 amide bonds. The van der Waals surface area contributed by atoms with Crippen LogP contribution in [0.4, 0.5) is 0 Å². The molecule has 1 aliphatic rings. The van der Waals surface area contributed by atoms with Crippen LogP contribution >= 0.6 is 11.8 Å². The van der Waals surface area contributed by atoms with Gasteiger partial charge < -0.3 is 19.8 Å². The smallest absolute Gasteiger partial charge is 0.253 e. The van der Waals surface area contributed by atoms with Gasteiger partial charge in [0.25, 0.3) is 5.91 Å². The van der Waals surface area contributed by atoms with Crippen LogP contribution in [0.25, 0.3) is 0 Å². The molecule has 6 heteroatoms. The first kappa shape index (κ1) is 19.2. The second-order valence-electron chi connectivity index (χ2n) is 6.35. The molecule has 2 atom stereocenters. The molecular formula is C18H27NO4S. The Labute approximate surface area is 148 Å². The molecule has 2 rings (SSSR count). The quantitative estimate of drug-likeness (QED) is 0.734. The maximum absolute atomic E-state index is 12.7. The van der Waals surface area contributed by atoms with Gasteiger partial charge in [0.2, 0.25) is 0 Å². The number of nitrogens with zero attached hydrogens (tertiary/aromatic N) is 1. The van der Waals surface area contributed by atoms with Gasteiger partial charge >= 0.3 is 0 Å². The highest BCUT2D eigenvalue weighted by molar-refractivity contribution is 7.99. The van der Waals surface area contributed by atoms with Crippen molar-refractivity contribution >= 4 is 17.7 Å². The molecule has 0 unspecified atom stereocenters. The van der Waals surface area contributed by atoms with E-state index in [1.54, 1.807) is 18.9 Å². The number of piperidine rings is 1. The number of aliphatic hydroxyl groups excluding tert-OH is 1. The third-order valence-corrected chi connectivity index (χ3v) is 5.71. The van der Waals surface area contributed by atoms with E-state index in [1.807, 2.05) is 36.1 Å². The highest BCUT2D eigenvalue weighted by Crippen LogP contribution is 2.31. The number of hydrogen-bond donors (Lipinski definition) is 2. The molecule has 2 N–H and O–H groups in total. The van der Waals surface area contributed by atoms with E-state index in [2.05, 4.69) is 0 Å². The van der Waals surface area contributed by atoms with Crippen molar-refractivity contribution in [1.29, 1.82) is 0 Å². The van der Waals surface area contributed by atoms with Crippen molar-refractivity contribution in [3.05, 3.63) is 29.8 Å². The number of likely N-dealkylation sites (tertiary alicyclic amines) is 1. The summed E-state index contributed by atoms with van der Waals surface area (Å²) in [6.07, 6.45) is 1.18. The number of rotatable bonds is 7. The summed E-state index contributed by atoms with van der Waals surface area (Å²) in [5, 5.41) is 19.6. The fourth-order valence-corrected chi connectivity index (χ4v) is 3.70. The normalized spacial score (nSPS) is 24.2. The van der Waals surface area contributed by atoms with Gasteiger partial charge in [-0.1, -0.05) is 6.92 Å². The molecule has 1 aliphatic heterocycles. The van der Waals surface area contributed by atoms with Crippen LogP contribution in [-0.4, -0.2) is 65.8 Å². The van der Waals surface area contributed by atoms with Crippen molar-refractivity contribution in [3.8, 4) is 0 Å². The van der Waals surface area contributed by atoms with Gasteiger partial charge in [0.1, 0.15) is 0 Å². The summed E-state index contributed by atoms with van der Waals surface area (Å²) in [6.45, 7) is 3.78. The van der Waals surface area contributed by atoms with Gasteiger partial charge in [-0.15, -0.1) is 11.8 Å². The largest absolute Gasteiger partial charge is 0.396 e. The summed E-state index contributed by atoms with van der Waals surface area (Å²) in [5.41, 5.74) is -0.0877. The van der Waals surface area contributed by atoms with Gasteiger partial charge in [-0.25, -0.2) is 0 Å². The Kier molecular flexibility index (Phi) is 7.10. The van der Waals surface area contributed by atoms with Crippen LogP contribution in [0.1, 0.15) is 30.1 Å². The first-order valence-electron chi connectivity index (χ1n) is 8.34. The van der Waals surface area contributed by atoms with Gasteiger partial charge in [-0.3, -0.25) is 4.79 Å². The predicted molar refractivity (Wildman–Crippen MR) is 95.4 cm³/mol. The Balaban J connectivity index is 1.96. The van der Waals surface area contributed by atoms with E-state index < -0.39 is 5.60 Å². The number of hydrogen-bond acceptors (Lipinski definition) is 5. The molecule has 0 bridgehead atoms.